The number of hydrogen-bond donors (Lipinski definition) is 0. The van der Waals surface area contributed by atoms with Gasteiger partial charge in [-0.15, -0.1) is 11.3 Å². The van der Waals surface area contributed by atoms with Gasteiger partial charge in [-0.05, 0) is 37.3 Å². The second kappa shape index (κ2) is 8.28. The van der Waals surface area contributed by atoms with Gasteiger partial charge in [0, 0.05) is 24.7 Å². The standard InChI is InChI=1S/C23H20FN5O3S/c1-14-10-28(13-25-14)18-4-5-19-22(30)27(7-8-29(19)23(18)31)11-16-12-33-21(26-16)17-9-15(24)3-6-20(17)32-2/h3-6,9-10,12-13H,7-8,11H2,1-2H3. The van der Waals surface area contributed by atoms with Crippen LogP contribution in [-0.4, -0.2) is 43.6 Å². The molecule has 10 heteroatoms. The Morgan fingerprint density at radius 1 is 1.18 bits per heavy atom. The third-order valence-electron chi connectivity index (χ3n) is 5.54. The number of aryl methyl sites for hydroxylation is 1. The highest BCUT2D eigenvalue weighted by molar-refractivity contribution is 7.13. The quantitative estimate of drug-likeness (QED) is 0.452. The summed E-state index contributed by atoms with van der Waals surface area (Å²) in [6, 6.07) is 7.60. The smallest absolute Gasteiger partial charge is 0.275 e. The number of carbonyl (C=O) groups is 1. The number of benzene rings is 1. The number of thiazole rings is 1. The number of hydrogen-bond acceptors (Lipinski definition) is 6. The Bertz CT molecular complexity index is 1420. The normalized spacial score (nSPS) is 13.3. The third-order valence-corrected chi connectivity index (χ3v) is 6.46. The van der Waals surface area contributed by atoms with E-state index in [2.05, 4.69) is 9.97 Å². The Kier molecular flexibility index (Phi) is 5.29. The van der Waals surface area contributed by atoms with E-state index in [1.165, 1.54) is 35.1 Å². The van der Waals surface area contributed by atoms with Crippen molar-refractivity contribution in [2.75, 3.05) is 13.7 Å². The fraction of sp³-hybridized carbons (Fsp3) is 0.217. The van der Waals surface area contributed by atoms with Crippen molar-refractivity contribution in [1.29, 1.82) is 0 Å². The van der Waals surface area contributed by atoms with Crippen molar-refractivity contribution in [2.45, 2.75) is 20.0 Å². The van der Waals surface area contributed by atoms with Gasteiger partial charge in [0.05, 0.1) is 36.9 Å². The summed E-state index contributed by atoms with van der Waals surface area (Å²) in [6.07, 6.45) is 3.36. The van der Waals surface area contributed by atoms with Crippen LogP contribution in [0.2, 0.25) is 0 Å². The average Bonchev–Trinajstić information content (AvgIpc) is 3.45. The van der Waals surface area contributed by atoms with Gasteiger partial charge < -0.3 is 18.8 Å². The molecule has 0 radical (unpaired) electrons. The lowest BCUT2D eigenvalue weighted by molar-refractivity contribution is 0.0684. The lowest BCUT2D eigenvalue weighted by Gasteiger charge is -2.29. The molecule has 1 aromatic carbocycles. The molecule has 1 aliphatic heterocycles. The molecular formula is C23H20FN5O3S. The second-order valence-electron chi connectivity index (χ2n) is 7.70. The molecule has 8 nitrogen and oxygen atoms in total. The summed E-state index contributed by atoms with van der Waals surface area (Å²) in [5, 5.41) is 2.46. The minimum atomic E-state index is -0.374. The molecule has 1 amide bonds. The van der Waals surface area contributed by atoms with Gasteiger partial charge in [-0.3, -0.25) is 9.59 Å². The van der Waals surface area contributed by atoms with E-state index in [0.29, 0.717) is 53.0 Å². The van der Waals surface area contributed by atoms with E-state index < -0.39 is 0 Å². The predicted molar refractivity (Wildman–Crippen MR) is 121 cm³/mol. The van der Waals surface area contributed by atoms with Crippen molar-refractivity contribution in [3.8, 4) is 22.0 Å². The fourth-order valence-electron chi connectivity index (χ4n) is 3.91. The number of amides is 1. The van der Waals surface area contributed by atoms with Crippen LogP contribution < -0.4 is 10.3 Å². The first-order valence-electron chi connectivity index (χ1n) is 10.3. The molecule has 5 rings (SSSR count). The highest BCUT2D eigenvalue weighted by Gasteiger charge is 2.27. The number of ether oxygens (including phenoxy) is 1. The van der Waals surface area contributed by atoms with E-state index in [9.17, 15) is 14.0 Å². The van der Waals surface area contributed by atoms with Crippen molar-refractivity contribution in [3.63, 3.8) is 0 Å². The summed E-state index contributed by atoms with van der Waals surface area (Å²) in [5.74, 6) is -0.0748. The first-order valence-corrected chi connectivity index (χ1v) is 11.1. The minimum Gasteiger partial charge on any atom is -0.496 e. The molecule has 0 spiro atoms. The van der Waals surface area contributed by atoms with Crippen molar-refractivity contribution in [2.24, 2.45) is 0 Å². The minimum absolute atomic E-state index is 0.230. The van der Waals surface area contributed by atoms with Crippen molar-refractivity contribution in [3.05, 3.63) is 81.5 Å². The SMILES string of the molecule is COc1ccc(F)cc1-c1nc(CN2CCn3c(ccc(-n4cnc(C)c4)c3=O)C2=O)cs1. The van der Waals surface area contributed by atoms with E-state index in [4.69, 9.17) is 4.74 Å². The molecule has 0 bridgehead atoms. The van der Waals surface area contributed by atoms with Crippen LogP contribution >= 0.6 is 11.3 Å². The Balaban J connectivity index is 1.39. The first kappa shape index (κ1) is 21.1. The number of halogens is 1. The molecule has 0 fully saturated rings. The number of rotatable bonds is 5. The van der Waals surface area contributed by atoms with E-state index in [1.807, 2.05) is 12.3 Å². The Morgan fingerprint density at radius 2 is 2.03 bits per heavy atom. The van der Waals surface area contributed by atoms with E-state index in [0.717, 1.165) is 5.69 Å². The summed E-state index contributed by atoms with van der Waals surface area (Å²) in [7, 11) is 1.52. The van der Waals surface area contributed by atoms with Gasteiger partial charge in [-0.2, -0.15) is 0 Å². The Hall–Kier alpha value is -3.79. The van der Waals surface area contributed by atoms with Gasteiger partial charge in [0.15, 0.2) is 0 Å². The molecule has 3 aromatic heterocycles. The summed E-state index contributed by atoms with van der Waals surface area (Å²) in [5.41, 5.74) is 2.63. The molecule has 1 aliphatic rings. The van der Waals surface area contributed by atoms with Gasteiger partial charge in [0.25, 0.3) is 11.5 Å². The predicted octanol–water partition coefficient (Wildman–Crippen LogP) is 3.27. The number of methoxy groups -OCH3 is 1. The van der Waals surface area contributed by atoms with Crippen LogP contribution in [0.5, 0.6) is 5.75 Å². The first-order chi connectivity index (χ1) is 15.9. The summed E-state index contributed by atoms with van der Waals surface area (Å²) < 4.78 is 22.2. The van der Waals surface area contributed by atoms with Crippen molar-refractivity contribution < 1.29 is 13.9 Å². The molecule has 0 saturated carbocycles. The van der Waals surface area contributed by atoms with Crippen LogP contribution in [0.3, 0.4) is 0 Å². The topological polar surface area (TPSA) is 82.2 Å². The summed E-state index contributed by atoms with van der Waals surface area (Å²) in [6.45, 7) is 2.91. The molecular weight excluding hydrogens is 445 g/mol. The van der Waals surface area contributed by atoms with Crippen molar-refractivity contribution >= 4 is 17.2 Å². The molecule has 0 saturated heterocycles. The number of nitrogens with zero attached hydrogens (tertiary/aromatic N) is 5. The molecule has 0 unspecified atom stereocenters. The van der Waals surface area contributed by atoms with Gasteiger partial charge in [0.1, 0.15) is 28.0 Å². The zero-order valence-electron chi connectivity index (χ0n) is 18.0. The number of fused-ring (bicyclic) bond motifs is 1. The third kappa shape index (κ3) is 3.82. The van der Waals surface area contributed by atoms with Crippen molar-refractivity contribution in [1.82, 2.24) is 24.0 Å². The lowest BCUT2D eigenvalue weighted by Crippen LogP contribution is -2.44. The van der Waals surface area contributed by atoms with Crippen LogP contribution in [0.1, 0.15) is 21.9 Å². The number of imidazole rings is 1. The molecule has 33 heavy (non-hydrogen) atoms. The van der Waals surface area contributed by atoms with Crippen LogP contribution in [0, 0.1) is 12.7 Å². The highest BCUT2D eigenvalue weighted by atomic mass is 32.1. The molecule has 168 valence electrons. The average molecular weight is 466 g/mol. The molecule has 0 atom stereocenters. The molecule has 0 N–H and O–H groups in total. The fourth-order valence-corrected chi connectivity index (χ4v) is 4.74. The Morgan fingerprint density at radius 3 is 2.79 bits per heavy atom. The summed E-state index contributed by atoms with van der Waals surface area (Å²) in [4.78, 5) is 36.5. The number of carbonyl (C=O) groups excluding carboxylic acids is 1. The summed E-state index contributed by atoms with van der Waals surface area (Å²) >= 11 is 1.36. The van der Waals surface area contributed by atoms with E-state index in [1.54, 1.807) is 40.2 Å². The number of aromatic nitrogens is 4. The zero-order valence-corrected chi connectivity index (χ0v) is 18.8. The number of pyridine rings is 1. The molecule has 4 heterocycles. The second-order valence-corrected chi connectivity index (χ2v) is 8.56. The largest absolute Gasteiger partial charge is 0.496 e. The zero-order chi connectivity index (χ0) is 23.1. The van der Waals surface area contributed by atoms with Crippen LogP contribution in [0.4, 0.5) is 4.39 Å². The van der Waals surface area contributed by atoms with Crippen LogP contribution in [0.15, 0.2) is 53.0 Å². The van der Waals surface area contributed by atoms with E-state index in [-0.39, 0.29) is 17.3 Å². The monoisotopic (exact) mass is 465 g/mol. The Labute approximate surface area is 192 Å². The maximum Gasteiger partial charge on any atom is 0.275 e. The van der Waals surface area contributed by atoms with Gasteiger partial charge >= 0.3 is 0 Å². The maximum atomic E-state index is 13.7. The molecule has 0 aliphatic carbocycles. The van der Waals surface area contributed by atoms with Crippen LogP contribution in [0.25, 0.3) is 16.3 Å². The lowest BCUT2D eigenvalue weighted by atomic mass is 10.2. The highest BCUT2D eigenvalue weighted by Crippen LogP contribution is 2.33. The van der Waals surface area contributed by atoms with Gasteiger partial charge in [0.2, 0.25) is 0 Å². The maximum absolute atomic E-state index is 13.7. The van der Waals surface area contributed by atoms with E-state index >= 15 is 0 Å². The van der Waals surface area contributed by atoms with Crippen LogP contribution in [-0.2, 0) is 13.1 Å². The molecule has 4 aromatic rings. The van der Waals surface area contributed by atoms with Gasteiger partial charge in [-0.25, -0.2) is 14.4 Å². The van der Waals surface area contributed by atoms with Gasteiger partial charge in [-0.1, -0.05) is 0 Å².